The van der Waals surface area contributed by atoms with Crippen LogP contribution in [-0.4, -0.2) is 29.2 Å². The number of hydrogen-bond donors (Lipinski definition) is 1. The molecule has 1 aromatic rings. The molecular weight excluding hydrogens is 262 g/mol. The number of nitrogens with one attached hydrogen (secondary N) is 1. The summed E-state index contributed by atoms with van der Waals surface area (Å²) in [4.78, 5) is 8.92. The first-order valence-electron chi connectivity index (χ1n) is 8.00. The lowest BCUT2D eigenvalue weighted by Gasteiger charge is -2.36. The van der Waals surface area contributed by atoms with Crippen molar-refractivity contribution in [3.05, 3.63) is 18.1 Å². The van der Waals surface area contributed by atoms with Gasteiger partial charge in [0.2, 0.25) is 5.88 Å². The van der Waals surface area contributed by atoms with Gasteiger partial charge in [0.1, 0.15) is 5.69 Å². The first kappa shape index (κ1) is 16.2. The van der Waals surface area contributed by atoms with Gasteiger partial charge in [-0.3, -0.25) is 4.98 Å². The predicted molar refractivity (Wildman–Crippen MR) is 85.6 cm³/mol. The molecule has 1 saturated carbocycles. The Kier molecular flexibility index (Phi) is 5.20. The van der Waals surface area contributed by atoms with Crippen LogP contribution in [0, 0.1) is 11.8 Å². The average molecular weight is 291 g/mol. The van der Waals surface area contributed by atoms with Crippen LogP contribution in [0.2, 0.25) is 0 Å². The van der Waals surface area contributed by atoms with Crippen molar-refractivity contribution in [3.8, 4) is 5.88 Å². The predicted octanol–water partition coefficient (Wildman–Crippen LogP) is 3.39. The Morgan fingerprint density at radius 2 is 1.95 bits per heavy atom. The number of ether oxygens (including phenoxy) is 1. The van der Waals surface area contributed by atoms with Gasteiger partial charge in [-0.05, 0) is 52.0 Å². The highest BCUT2D eigenvalue weighted by Gasteiger charge is 2.33. The molecule has 4 heteroatoms. The van der Waals surface area contributed by atoms with E-state index in [2.05, 4.69) is 43.0 Å². The summed E-state index contributed by atoms with van der Waals surface area (Å²) in [6, 6.07) is 0. The fourth-order valence-corrected chi connectivity index (χ4v) is 3.21. The molecule has 1 aromatic heterocycles. The maximum atomic E-state index is 5.43. The molecule has 0 saturated heterocycles. The largest absolute Gasteiger partial charge is 0.480 e. The number of rotatable bonds is 4. The molecule has 0 aliphatic heterocycles. The maximum absolute atomic E-state index is 5.43. The van der Waals surface area contributed by atoms with Crippen molar-refractivity contribution in [2.75, 3.05) is 13.7 Å². The van der Waals surface area contributed by atoms with Crippen molar-refractivity contribution in [3.63, 3.8) is 0 Å². The van der Waals surface area contributed by atoms with E-state index in [1.165, 1.54) is 19.3 Å². The molecule has 1 N–H and O–H groups in total. The normalized spacial score (nSPS) is 26.6. The molecule has 2 rings (SSSR count). The Labute approximate surface area is 128 Å². The molecule has 1 aliphatic rings. The first-order valence-corrected chi connectivity index (χ1v) is 8.00. The van der Waals surface area contributed by atoms with E-state index >= 15 is 0 Å². The average Bonchev–Trinajstić information content (AvgIpc) is 2.45. The van der Waals surface area contributed by atoms with Crippen LogP contribution < -0.4 is 10.1 Å². The third-order valence-corrected chi connectivity index (χ3v) is 4.39. The second-order valence-electron chi connectivity index (χ2n) is 7.37. The van der Waals surface area contributed by atoms with Gasteiger partial charge in [-0.2, -0.15) is 0 Å². The van der Waals surface area contributed by atoms with Crippen molar-refractivity contribution in [2.24, 2.45) is 11.8 Å². The number of nitrogens with zero attached hydrogens (tertiary/aromatic N) is 2. The van der Waals surface area contributed by atoms with E-state index in [1.807, 2.05) is 0 Å². The summed E-state index contributed by atoms with van der Waals surface area (Å²) < 4.78 is 5.43. The van der Waals surface area contributed by atoms with Crippen molar-refractivity contribution in [1.29, 1.82) is 0 Å². The van der Waals surface area contributed by atoms with Crippen LogP contribution in [0.15, 0.2) is 12.4 Å². The topological polar surface area (TPSA) is 47.0 Å². The minimum absolute atomic E-state index is 0.153. The van der Waals surface area contributed by atoms with Crippen LogP contribution in [0.4, 0.5) is 0 Å². The summed E-state index contributed by atoms with van der Waals surface area (Å²) in [5, 5.41) is 3.65. The molecule has 3 atom stereocenters. The Morgan fingerprint density at radius 1 is 1.24 bits per heavy atom. The highest BCUT2D eigenvalue weighted by molar-refractivity contribution is 5.23. The molecule has 4 nitrogen and oxygen atoms in total. The summed E-state index contributed by atoms with van der Waals surface area (Å²) in [6.07, 6.45) is 7.21. The SMILES string of the molecule is COc1nccnc1C1CC(C)CCC1CNC(C)(C)C. The van der Waals surface area contributed by atoms with Crippen molar-refractivity contribution < 1.29 is 4.74 Å². The van der Waals surface area contributed by atoms with Crippen LogP contribution in [0.3, 0.4) is 0 Å². The van der Waals surface area contributed by atoms with Crippen LogP contribution in [0.25, 0.3) is 0 Å². The smallest absolute Gasteiger partial charge is 0.235 e. The molecule has 3 unspecified atom stereocenters. The zero-order valence-electron chi connectivity index (χ0n) is 14.0. The zero-order valence-corrected chi connectivity index (χ0v) is 14.0. The van der Waals surface area contributed by atoms with Crippen LogP contribution in [0.1, 0.15) is 58.6 Å². The minimum atomic E-state index is 0.153. The lowest BCUT2D eigenvalue weighted by Crippen LogP contribution is -2.41. The third kappa shape index (κ3) is 4.40. The van der Waals surface area contributed by atoms with Crippen LogP contribution in [-0.2, 0) is 0 Å². The van der Waals surface area contributed by atoms with Crippen LogP contribution >= 0.6 is 0 Å². The molecule has 0 aromatic carbocycles. The lowest BCUT2D eigenvalue weighted by atomic mass is 9.73. The molecule has 1 aliphatic carbocycles. The standard InChI is InChI=1S/C17H29N3O/c1-12-6-7-13(11-20-17(2,3)4)14(10-12)15-16(21-5)19-9-8-18-15/h8-9,12-14,20H,6-7,10-11H2,1-5H3. The van der Waals surface area contributed by atoms with Gasteiger partial charge in [-0.15, -0.1) is 0 Å². The van der Waals surface area contributed by atoms with E-state index in [0.717, 1.165) is 18.2 Å². The molecule has 0 bridgehead atoms. The summed E-state index contributed by atoms with van der Waals surface area (Å²) in [5.41, 5.74) is 1.19. The van der Waals surface area contributed by atoms with Crippen molar-refractivity contribution in [2.45, 2.75) is 58.4 Å². The summed E-state index contributed by atoms with van der Waals surface area (Å²) in [6.45, 7) is 10.0. The quantitative estimate of drug-likeness (QED) is 0.923. The Morgan fingerprint density at radius 3 is 2.62 bits per heavy atom. The number of hydrogen-bond acceptors (Lipinski definition) is 4. The van der Waals surface area contributed by atoms with Crippen LogP contribution in [0.5, 0.6) is 5.88 Å². The van der Waals surface area contributed by atoms with Gasteiger partial charge in [-0.1, -0.05) is 13.3 Å². The first-order chi connectivity index (χ1) is 9.90. The molecule has 1 fully saturated rings. The molecule has 118 valence electrons. The fourth-order valence-electron chi connectivity index (χ4n) is 3.21. The molecule has 21 heavy (non-hydrogen) atoms. The summed E-state index contributed by atoms with van der Waals surface area (Å²) >= 11 is 0. The van der Waals surface area contributed by atoms with Crippen molar-refractivity contribution >= 4 is 0 Å². The van der Waals surface area contributed by atoms with Gasteiger partial charge < -0.3 is 10.1 Å². The third-order valence-electron chi connectivity index (χ3n) is 4.39. The number of aromatic nitrogens is 2. The summed E-state index contributed by atoms with van der Waals surface area (Å²) in [7, 11) is 1.68. The van der Waals surface area contributed by atoms with E-state index < -0.39 is 0 Å². The van der Waals surface area contributed by atoms with E-state index in [9.17, 15) is 0 Å². The molecule has 0 amide bonds. The van der Waals surface area contributed by atoms with Gasteiger partial charge in [0.15, 0.2) is 0 Å². The second-order valence-corrected chi connectivity index (χ2v) is 7.37. The Bertz CT molecular complexity index is 456. The van der Waals surface area contributed by atoms with Gasteiger partial charge in [0, 0.05) is 23.9 Å². The van der Waals surface area contributed by atoms with Gasteiger partial charge >= 0.3 is 0 Å². The second kappa shape index (κ2) is 6.73. The molecule has 1 heterocycles. The van der Waals surface area contributed by atoms with Crippen molar-refractivity contribution in [1.82, 2.24) is 15.3 Å². The fraction of sp³-hybridized carbons (Fsp3) is 0.765. The molecule has 0 spiro atoms. The number of methoxy groups -OCH3 is 1. The molecule has 0 radical (unpaired) electrons. The van der Waals surface area contributed by atoms with Gasteiger partial charge in [0.05, 0.1) is 7.11 Å². The Balaban J connectivity index is 2.18. The molecular formula is C17H29N3O. The summed E-state index contributed by atoms with van der Waals surface area (Å²) in [5.74, 6) is 2.48. The van der Waals surface area contributed by atoms with E-state index in [1.54, 1.807) is 19.5 Å². The Hall–Kier alpha value is -1.16. The van der Waals surface area contributed by atoms with Gasteiger partial charge in [-0.25, -0.2) is 4.98 Å². The minimum Gasteiger partial charge on any atom is -0.480 e. The zero-order chi connectivity index (χ0) is 15.5. The monoisotopic (exact) mass is 291 g/mol. The van der Waals surface area contributed by atoms with E-state index in [4.69, 9.17) is 4.74 Å². The van der Waals surface area contributed by atoms with E-state index in [0.29, 0.717) is 17.7 Å². The van der Waals surface area contributed by atoms with E-state index in [-0.39, 0.29) is 5.54 Å². The highest BCUT2D eigenvalue weighted by Crippen LogP contribution is 2.41. The lowest BCUT2D eigenvalue weighted by molar-refractivity contribution is 0.219. The maximum Gasteiger partial charge on any atom is 0.235 e. The van der Waals surface area contributed by atoms with Gasteiger partial charge in [0.25, 0.3) is 0 Å². The highest BCUT2D eigenvalue weighted by atomic mass is 16.5.